The van der Waals surface area contributed by atoms with Crippen molar-refractivity contribution in [1.82, 2.24) is 0 Å². The van der Waals surface area contributed by atoms with Gasteiger partial charge in [0.25, 0.3) is 0 Å². The van der Waals surface area contributed by atoms with Crippen molar-refractivity contribution in [3.8, 4) is 5.75 Å². The molecule has 0 saturated heterocycles. The third kappa shape index (κ3) is 7.67. The summed E-state index contributed by atoms with van der Waals surface area (Å²) < 4.78 is 10.8. The second-order valence-corrected chi connectivity index (χ2v) is 5.95. The van der Waals surface area contributed by atoms with Crippen LogP contribution in [-0.2, 0) is 14.3 Å². The number of rotatable bonds is 11. The molecule has 2 aromatic carbocycles. The summed E-state index contributed by atoms with van der Waals surface area (Å²) >= 11 is 0. The Labute approximate surface area is 165 Å². The topological polar surface area (TPSA) is 88.7 Å². The highest BCUT2D eigenvalue weighted by atomic mass is 16.5. The fourth-order valence-corrected chi connectivity index (χ4v) is 2.33. The number of hydrogen-bond donors (Lipinski definition) is 3. The van der Waals surface area contributed by atoms with Crippen LogP contribution in [0.5, 0.6) is 5.75 Å². The molecule has 0 fully saturated rings. The van der Waals surface area contributed by atoms with Crippen molar-refractivity contribution in [2.45, 2.75) is 20.3 Å². The van der Waals surface area contributed by atoms with Gasteiger partial charge in [0.2, 0.25) is 11.8 Å². The minimum absolute atomic E-state index is 0.0508. The van der Waals surface area contributed by atoms with E-state index >= 15 is 0 Å². The Hall–Kier alpha value is -3.06. The molecule has 0 atom stereocenters. The first-order valence-corrected chi connectivity index (χ1v) is 9.35. The highest BCUT2D eigenvalue weighted by Gasteiger charge is 2.04. The Morgan fingerprint density at radius 3 is 2.18 bits per heavy atom. The van der Waals surface area contributed by atoms with Gasteiger partial charge in [-0.2, -0.15) is 0 Å². The molecule has 2 rings (SSSR count). The van der Waals surface area contributed by atoms with E-state index in [0.29, 0.717) is 37.6 Å². The molecular weight excluding hydrogens is 358 g/mol. The molecular formula is C21H27N3O4. The molecule has 0 saturated carbocycles. The van der Waals surface area contributed by atoms with Crippen molar-refractivity contribution >= 4 is 28.9 Å². The summed E-state index contributed by atoms with van der Waals surface area (Å²) in [5.74, 6) is 0.493. The number of nitrogens with one attached hydrogen (secondary N) is 3. The summed E-state index contributed by atoms with van der Waals surface area (Å²) in [5, 5.41) is 8.64. The van der Waals surface area contributed by atoms with E-state index in [1.54, 1.807) is 31.2 Å². The summed E-state index contributed by atoms with van der Waals surface area (Å²) in [6, 6.07) is 14.4. The molecule has 0 aliphatic carbocycles. The van der Waals surface area contributed by atoms with Crippen molar-refractivity contribution in [1.29, 1.82) is 0 Å². The van der Waals surface area contributed by atoms with Crippen LogP contribution in [0.3, 0.4) is 0 Å². The molecule has 150 valence electrons. The van der Waals surface area contributed by atoms with E-state index in [4.69, 9.17) is 9.47 Å². The average Bonchev–Trinajstić information content (AvgIpc) is 2.71. The van der Waals surface area contributed by atoms with Crippen LogP contribution >= 0.6 is 0 Å². The van der Waals surface area contributed by atoms with Gasteiger partial charge in [-0.25, -0.2) is 0 Å². The van der Waals surface area contributed by atoms with E-state index < -0.39 is 0 Å². The van der Waals surface area contributed by atoms with Gasteiger partial charge in [-0.3, -0.25) is 9.59 Å². The van der Waals surface area contributed by atoms with Gasteiger partial charge >= 0.3 is 0 Å². The molecule has 3 N–H and O–H groups in total. The van der Waals surface area contributed by atoms with Crippen molar-refractivity contribution in [3.05, 3.63) is 48.5 Å². The minimum Gasteiger partial charge on any atom is -0.491 e. The van der Waals surface area contributed by atoms with Crippen LogP contribution in [-0.4, -0.2) is 38.2 Å². The highest BCUT2D eigenvalue weighted by Crippen LogP contribution is 2.17. The average molecular weight is 385 g/mol. The maximum atomic E-state index is 12.1. The van der Waals surface area contributed by atoms with Crippen molar-refractivity contribution < 1.29 is 19.1 Å². The fourth-order valence-electron chi connectivity index (χ4n) is 2.33. The predicted molar refractivity (Wildman–Crippen MR) is 111 cm³/mol. The zero-order chi connectivity index (χ0) is 20.2. The Kier molecular flexibility index (Phi) is 8.81. The lowest BCUT2D eigenvalue weighted by Gasteiger charge is -2.11. The molecule has 0 radical (unpaired) electrons. The largest absolute Gasteiger partial charge is 0.491 e. The zero-order valence-electron chi connectivity index (χ0n) is 16.3. The van der Waals surface area contributed by atoms with Crippen LogP contribution in [0.15, 0.2) is 48.5 Å². The molecule has 7 nitrogen and oxygen atoms in total. The highest BCUT2D eigenvalue weighted by molar-refractivity contribution is 5.94. The summed E-state index contributed by atoms with van der Waals surface area (Å²) in [6.45, 7) is 5.53. The molecule has 2 aromatic rings. The number of ether oxygens (including phenoxy) is 2. The second kappa shape index (κ2) is 11.6. The van der Waals surface area contributed by atoms with Crippen LogP contribution in [0.25, 0.3) is 0 Å². The van der Waals surface area contributed by atoms with Crippen molar-refractivity contribution in [3.63, 3.8) is 0 Å². The molecule has 0 heterocycles. The quantitative estimate of drug-likeness (QED) is 0.515. The van der Waals surface area contributed by atoms with Crippen LogP contribution in [0.2, 0.25) is 0 Å². The summed E-state index contributed by atoms with van der Waals surface area (Å²) in [4.78, 5) is 23.5. The number of hydrogen-bond acceptors (Lipinski definition) is 5. The normalized spacial score (nSPS) is 10.2. The van der Waals surface area contributed by atoms with Crippen molar-refractivity contribution in [2.75, 3.05) is 42.3 Å². The number of anilines is 3. The first-order valence-electron chi connectivity index (χ1n) is 9.35. The van der Waals surface area contributed by atoms with E-state index in [2.05, 4.69) is 16.0 Å². The van der Waals surface area contributed by atoms with E-state index in [0.717, 1.165) is 11.4 Å². The van der Waals surface area contributed by atoms with Crippen LogP contribution < -0.4 is 20.7 Å². The Bertz CT molecular complexity index is 763. The monoisotopic (exact) mass is 385 g/mol. The molecule has 7 heteroatoms. The van der Waals surface area contributed by atoms with Crippen LogP contribution in [0.4, 0.5) is 17.1 Å². The summed E-state index contributed by atoms with van der Waals surface area (Å²) in [6.07, 6.45) is 0.420. The molecule has 0 aromatic heterocycles. The van der Waals surface area contributed by atoms with E-state index in [-0.39, 0.29) is 18.4 Å². The smallest absolute Gasteiger partial charge is 0.243 e. The third-order valence-electron chi connectivity index (χ3n) is 3.76. The van der Waals surface area contributed by atoms with Gasteiger partial charge < -0.3 is 25.4 Å². The van der Waals surface area contributed by atoms with Crippen LogP contribution in [0.1, 0.15) is 20.3 Å². The Morgan fingerprint density at radius 1 is 0.857 bits per heavy atom. The Morgan fingerprint density at radius 2 is 1.54 bits per heavy atom. The van der Waals surface area contributed by atoms with Crippen molar-refractivity contribution in [2.24, 2.45) is 0 Å². The van der Waals surface area contributed by atoms with Crippen LogP contribution in [0, 0.1) is 0 Å². The summed E-state index contributed by atoms with van der Waals surface area (Å²) in [7, 11) is 0. The van der Waals surface area contributed by atoms with Gasteiger partial charge in [-0.15, -0.1) is 0 Å². The maximum Gasteiger partial charge on any atom is 0.243 e. The Balaban J connectivity index is 1.78. The van der Waals surface area contributed by atoms with Gasteiger partial charge in [-0.05, 0) is 43.3 Å². The number of carbonyl (C=O) groups is 2. The lowest BCUT2D eigenvalue weighted by atomic mass is 10.2. The lowest BCUT2D eigenvalue weighted by Crippen LogP contribution is -2.21. The predicted octanol–water partition coefficient (Wildman–Crippen LogP) is 3.50. The SMILES string of the molecule is CCOCCOc1cccc(NCC(=O)Nc2ccc(NC(=O)CC)cc2)c1. The van der Waals surface area contributed by atoms with E-state index in [1.807, 2.05) is 31.2 Å². The number of amides is 2. The van der Waals surface area contributed by atoms with Gasteiger partial charge in [0.15, 0.2) is 0 Å². The lowest BCUT2D eigenvalue weighted by molar-refractivity contribution is -0.116. The number of benzene rings is 2. The van der Waals surface area contributed by atoms with E-state index in [1.165, 1.54) is 0 Å². The molecule has 28 heavy (non-hydrogen) atoms. The van der Waals surface area contributed by atoms with E-state index in [9.17, 15) is 9.59 Å². The fraction of sp³-hybridized carbons (Fsp3) is 0.333. The molecule has 0 bridgehead atoms. The first-order chi connectivity index (χ1) is 13.6. The van der Waals surface area contributed by atoms with Gasteiger partial charge in [-0.1, -0.05) is 13.0 Å². The third-order valence-corrected chi connectivity index (χ3v) is 3.76. The number of carbonyl (C=O) groups excluding carboxylic acids is 2. The summed E-state index contributed by atoms with van der Waals surface area (Å²) in [5.41, 5.74) is 2.15. The molecule has 2 amide bonds. The zero-order valence-corrected chi connectivity index (χ0v) is 16.3. The molecule has 0 spiro atoms. The standard InChI is InChI=1S/C21H27N3O4/c1-3-20(25)23-16-8-10-17(11-9-16)24-21(26)15-22-18-6-5-7-19(14-18)28-13-12-27-4-2/h5-11,14,22H,3-4,12-13,15H2,1-2H3,(H,23,25)(H,24,26). The van der Waals surface area contributed by atoms with Gasteiger partial charge in [0.05, 0.1) is 13.2 Å². The first kappa shape index (κ1) is 21.2. The van der Waals surface area contributed by atoms with Gasteiger partial charge in [0, 0.05) is 36.2 Å². The maximum absolute atomic E-state index is 12.1. The molecule has 0 aliphatic rings. The minimum atomic E-state index is -0.173. The molecule has 0 unspecified atom stereocenters. The van der Waals surface area contributed by atoms with Gasteiger partial charge in [0.1, 0.15) is 12.4 Å². The molecule has 0 aliphatic heterocycles. The second-order valence-electron chi connectivity index (χ2n) is 5.95.